The van der Waals surface area contributed by atoms with Crippen molar-refractivity contribution in [3.8, 4) is 0 Å². The first-order valence-electron chi connectivity index (χ1n) is 6.10. The highest BCUT2D eigenvalue weighted by Gasteiger charge is 2.32. The third kappa shape index (κ3) is 6.08. The molecule has 110 valence electrons. The summed E-state index contributed by atoms with van der Waals surface area (Å²) in [4.78, 5) is 33.5. The smallest absolute Gasteiger partial charge is 0.315 e. The van der Waals surface area contributed by atoms with Crippen LogP contribution in [0.25, 0.3) is 0 Å². The fourth-order valence-corrected chi connectivity index (χ4v) is 1.46. The Morgan fingerprint density at radius 3 is 2.11 bits per heavy atom. The Morgan fingerprint density at radius 2 is 1.74 bits per heavy atom. The quantitative estimate of drug-likeness (QED) is 0.537. The van der Waals surface area contributed by atoms with Gasteiger partial charge < -0.3 is 21.5 Å². The van der Waals surface area contributed by atoms with E-state index in [2.05, 4.69) is 10.6 Å². The van der Waals surface area contributed by atoms with Gasteiger partial charge in [-0.25, -0.2) is 4.79 Å². The van der Waals surface area contributed by atoms with Crippen molar-refractivity contribution in [2.45, 2.75) is 46.1 Å². The number of primary amides is 1. The van der Waals surface area contributed by atoms with Gasteiger partial charge in [0.25, 0.3) is 0 Å². The summed E-state index contributed by atoms with van der Waals surface area (Å²) in [6.45, 7) is 6.63. The van der Waals surface area contributed by atoms with Crippen LogP contribution in [0.2, 0.25) is 0 Å². The van der Waals surface area contributed by atoms with Crippen molar-refractivity contribution < 1.29 is 19.5 Å². The van der Waals surface area contributed by atoms with Crippen LogP contribution in [-0.2, 0) is 9.59 Å². The van der Waals surface area contributed by atoms with Crippen LogP contribution in [0, 0.1) is 5.41 Å². The number of hydrogen-bond donors (Lipinski definition) is 4. The molecule has 0 aliphatic rings. The lowest BCUT2D eigenvalue weighted by Crippen LogP contribution is -2.52. The largest absolute Gasteiger partial charge is 0.481 e. The van der Waals surface area contributed by atoms with Gasteiger partial charge in [0.15, 0.2) is 0 Å². The van der Waals surface area contributed by atoms with Gasteiger partial charge in [0.05, 0.1) is 5.41 Å². The van der Waals surface area contributed by atoms with Crippen molar-refractivity contribution in [1.82, 2.24) is 10.6 Å². The number of urea groups is 1. The number of aliphatic carboxylic acids is 1. The molecule has 7 heteroatoms. The van der Waals surface area contributed by atoms with Gasteiger partial charge in [-0.3, -0.25) is 9.59 Å². The second-order valence-electron chi connectivity index (χ2n) is 5.55. The molecule has 0 aromatic carbocycles. The zero-order valence-corrected chi connectivity index (χ0v) is 11.9. The van der Waals surface area contributed by atoms with Crippen LogP contribution in [0.5, 0.6) is 0 Å². The third-order valence-corrected chi connectivity index (χ3v) is 3.00. The van der Waals surface area contributed by atoms with Crippen molar-refractivity contribution >= 4 is 17.9 Å². The molecule has 0 spiro atoms. The molecule has 5 N–H and O–H groups in total. The Kier molecular flexibility index (Phi) is 5.80. The summed E-state index contributed by atoms with van der Waals surface area (Å²) in [5.74, 6) is -1.49. The number of nitrogens with one attached hydrogen (secondary N) is 2. The van der Waals surface area contributed by atoms with Gasteiger partial charge in [0.1, 0.15) is 0 Å². The van der Waals surface area contributed by atoms with E-state index in [1.54, 1.807) is 27.7 Å². The molecule has 19 heavy (non-hydrogen) atoms. The lowest BCUT2D eigenvalue weighted by atomic mass is 9.88. The number of carboxylic acid groups (broad SMARTS) is 1. The molecule has 0 radical (unpaired) electrons. The lowest BCUT2D eigenvalue weighted by Gasteiger charge is -2.27. The van der Waals surface area contributed by atoms with Crippen molar-refractivity contribution in [3.05, 3.63) is 0 Å². The van der Waals surface area contributed by atoms with E-state index in [9.17, 15) is 14.4 Å². The van der Waals surface area contributed by atoms with E-state index in [1.807, 2.05) is 0 Å². The van der Waals surface area contributed by atoms with Crippen LogP contribution in [0.3, 0.4) is 0 Å². The normalized spacial score (nSPS) is 14.3. The number of rotatable bonds is 7. The van der Waals surface area contributed by atoms with Crippen molar-refractivity contribution in [3.63, 3.8) is 0 Å². The molecule has 0 aliphatic carbocycles. The van der Waals surface area contributed by atoms with Gasteiger partial charge in [0, 0.05) is 18.5 Å². The van der Waals surface area contributed by atoms with Crippen LogP contribution in [0.15, 0.2) is 0 Å². The molecule has 7 nitrogen and oxygen atoms in total. The first-order chi connectivity index (χ1) is 8.52. The Hall–Kier alpha value is -1.79. The average molecular weight is 273 g/mol. The topological polar surface area (TPSA) is 122 Å². The highest BCUT2D eigenvalue weighted by Crippen LogP contribution is 2.19. The highest BCUT2D eigenvalue weighted by molar-refractivity contribution is 5.80. The van der Waals surface area contributed by atoms with Crippen LogP contribution in [-0.4, -0.2) is 35.1 Å². The zero-order valence-electron chi connectivity index (χ0n) is 11.9. The monoisotopic (exact) mass is 273 g/mol. The van der Waals surface area contributed by atoms with Crippen LogP contribution < -0.4 is 16.4 Å². The minimum atomic E-state index is -1.01. The standard InChI is InChI=1S/C12H23N3O4/c1-5-12(4,9(17)18)7-14-10(19)15-11(2,3)6-8(13)16/h5-7H2,1-4H3,(H2,13,16)(H,17,18)(H2,14,15,19). The van der Waals surface area contributed by atoms with Gasteiger partial charge in [-0.2, -0.15) is 0 Å². The first-order valence-corrected chi connectivity index (χ1v) is 6.10. The second kappa shape index (κ2) is 6.40. The number of nitrogens with two attached hydrogens (primary N) is 1. The van der Waals surface area contributed by atoms with Gasteiger partial charge in [-0.1, -0.05) is 6.92 Å². The fourth-order valence-electron chi connectivity index (χ4n) is 1.46. The molecule has 0 saturated heterocycles. The van der Waals surface area contributed by atoms with E-state index >= 15 is 0 Å². The summed E-state index contributed by atoms with van der Waals surface area (Å²) in [6.07, 6.45) is 0.400. The maximum atomic E-state index is 11.7. The number of carbonyl (C=O) groups excluding carboxylic acids is 2. The summed E-state index contributed by atoms with van der Waals surface area (Å²) >= 11 is 0. The van der Waals surface area contributed by atoms with Crippen LogP contribution >= 0.6 is 0 Å². The number of hydrogen-bond acceptors (Lipinski definition) is 3. The number of carbonyl (C=O) groups is 3. The van der Waals surface area contributed by atoms with Crippen molar-refractivity contribution in [1.29, 1.82) is 0 Å². The van der Waals surface area contributed by atoms with Gasteiger partial charge in [0.2, 0.25) is 5.91 Å². The Balaban J connectivity index is 4.41. The molecule has 1 unspecified atom stereocenters. The Labute approximate surface area is 112 Å². The van der Waals surface area contributed by atoms with E-state index in [1.165, 1.54) is 0 Å². The highest BCUT2D eigenvalue weighted by atomic mass is 16.4. The maximum Gasteiger partial charge on any atom is 0.315 e. The van der Waals surface area contributed by atoms with Crippen LogP contribution in [0.1, 0.15) is 40.5 Å². The molecule has 0 heterocycles. The summed E-state index contributed by atoms with van der Waals surface area (Å²) in [5.41, 5.74) is 3.29. The maximum absolute atomic E-state index is 11.7. The Morgan fingerprint density at radius 1 is 1.21 bits per heavy atom. The van der Waals surface area contributed by atoms with Gasteiger partial charge in [-0.15, -0.1) is 0 Å². The van der Waals surface area contributed by atoms with Crippen LogP contribution in [0.4, 0.5) is 4.79 Å². The molecule has 0 fully saturated rings. The van der Waals surface area contributed by atoms with Crippen molar-refractivity contribution in [2.24, 2.45) is 11.1 Å². The Bertz CT molecular complexity index is 368. The lowest BCUT2D eigenvalue weighted by molar-refractivity contribution is -0.147. The zero-order chi connectivity index (χ0) is 15.3. The second-order valence-corrected chi connectivity index (χ2v) is 5.55. The molecule has 0 aliphatic heterocycles. The van der Waals surface area contributed by atoms with Gasteiger partial charge in [-0.05, 0) is 27.2 Å². The summed E-state index contributed by atoms with van der Waals surface area (Å²) in [7, 11) is 0. The third-order valence-electron chi connectivity index (χ3n) is 3.00. The van der Waals surface area contributed by atoms with E-state index in [0.717, 1.165) is 0 Å². The number of amides is 3. The van der Waals surface area contributed by atoms with Gasteiger partial charge >= 0.3 is 12.0 Å². The molecule has 3 amide bonds. The SMILES string of the molecule is CCC(C)(CNC(=O)NC(C)(C)CC(N)=O)C(=O)O. The molecule has 0 aromatic heterocycles. The van der Waals surface area contributed by atoms with E-state index < -0.39 is 28.9 Å². The molecule has 0 aromatic rings. The molecule has 1 atom stereocenters. The van der Waals surface area contributed by atoms with E-state index in [0.29, 0.717) is 6.42 Å². The minimum Gasteiger partial charge on any atom is -0.481 e. The van der Waals surface area contributed by atoms with Crippen molar-refractivity contribution in [2.75, 3.05) is 6.54 Å². The summed E-state index contributed by atoms with van der Waals surface area (Å²) in [5, 5.41) is 14.1. The molecular weight excluding hydrogens is 250 g/mol. The summed E-state index contributed by atoms with van der Waals surface area (Å²) < 4.78 is 0. The molecule has 0 saturated carbocycles. The fraction of sp³-hybridized carbons (Fsp3) is 0.750. The van der Waals surface area contributed by atoms with E-state index in [-0.39, 0.29) is 13.0 Å². The molecule has 0 rings (SSSR count). The average Bonchev–Trinajstić information content (AvgIpc) is 2.22. The molecule has 0 bridgehead atoms. The first kappa shape index (κ1) is 17.2. The number of carboxylic acids is 1. The van der Waals surface area contributed by atoms with E-state index in [4.69, 9.17) is 10.8 Å². The predicted molar refractivity (Wildman–Crippen MR) is 70.5 cm³/mol. The summed E-state index contributed by atoms with van der Waals surface area (Å²) in [6, 6.07) is -0.521. The minimum absolute atomic E-state index is 0.00436. The predicted octanol–water partition coefficient (Wildman–Crippen LogP) is 0.441. The molecular formula is C12H23N3O4.